The molecule has 1 rings (SSSR count). The van der Waals surface area contributed by atoms with Gasteiger partial charge < -0.3 is 15.5 Å². The van der Waals surface area contributed by atoms with Crippen molar-refractivity contribution in [2.75, 3.05) is 19.6 Å². The number of hydrogen-bond acceptors (Lipinski definition) is 5. The number of amides is 4. The molecule has 0 aliphatic carbocycles. The monoisotopic (exact) mass is 300 g/mol. The molecule has 0 aromatic rings. The van der Waals surface area contributed by atoms with E-state index >= 15 is 0 Å². The van der Waals surface area contributed by atoms with E-state index in [-0.39, 0.29) is 24.9 Å². The zero-order chi connectivity index (χ0) is 15.8. The van der Waals surface area contributed by atoms with Crippen LogP contribution in [0.4, 0.5) is 0 Å². The molecule has 1 heterocycles. The number of hydrogen-bond donors (Lipinski definition) is 4. The van der Waals surface area contributed by atoms with Crippen molar-refractivity contribution >= 4 is 23.6 Å². The van der Waals surface area contributed by atoms with Gasteiger partial charge in [0.15, 0.2) is 0 Å². The van der Waals surface area contributed by atoms with Gasteiger partial charge in [-0.1, -0.05) is 6.92 Å². The zero-order valence-electron chi connectivity index (χ0n) is 11.8. The minimum atomic E-state index is -0.759. The molecule has 118 valence electrons. The average Bonchev–Trinajstić information content (AvgIpc) is 2.98. The van der Waals surface area contributed by atoms with Crippen molar-refractivity contribution in [3.63, 3.8) is 0 Å². The highest BCUT2D eigenvalue weighted by Crippen LogP contribution is 2.18. The number of carbonyl (C=O) groups is 4. The molecule has 0 aromatic carbocycles. The Bertz CT molecular complexity index is 426. The third-order valence-electron chi connectivity index (χ3n) is 3.17. The summed E-state index contributed by atoms with van der Waals surface area (Å²) < 4.78 is 0. The highest BCUT2D eigenvalue weighted by Gasteiger charge is 2.33. The molecule has 1 atom stereocenters. The second-order valence-corrected chi connectivity index (χ2v) is 4.63. The molecule has 1 saturated heterocycles. The van der Waals surface area contributed by atoms with E-state index in [1.165, 1.54) is 10.4 Å². The van der Waals surface area contributed by atoms with Crippen LogP contribution in [0.25, 0.3) is 0 Å². The first kappa shape index (κ1) is 16.9. The van der Waals surface area contributed by atoms with Crippen LogP contribution in [0.15, 0.2) is 0 Å². The zero-order valence-corrected chi connectivity index (χ0v) is 11.8. The number of nitrogens with one attached hydrogen (secondary N) is 3. The SMILES string of the molecule is CCC(=O)N1CCCC1C(=O)NCC(=O)NCC(=O)NO. The molecule has 0 radical (unpaired) electrons. The molecule has 1 fully saturated rings. The van der Waals surface area contributed by atoms with Gasteiger partial charge in [0.05, 0.1) is 13.1 Å². The van der Waals surface area contributed by atoms with Crippen LogP contribution >= 0.6 is 0 Å². The van der Waals surface area contributed by atoms with Gasteiger partial charge in [0.25, 0.3) is 5.91 Å². The summed E-state index contributed by atoms with van der Waals surface area (Å²) >= 11 is 0. The molecule has 0 bridgehead atoms. The summed E-state index contributed by atoms with van der Waals surface area (Å²) in [6.45, 7) is 1.61. The Morgan fingerprint density at radius 1 is 1.14 bits per heavy atom. The fraction of sp³-hybridized carbons (Fsp3) is 0.667. The highest BCUT2D eigenvalue weighted by molar-refractivity contribution is 5.91. The topological polar surface area (TPSA) is 128 Å². The standard InChI is InChI=1S/C12H20N4O5/c1-2-11(19)16-5-3-4-8(16)12(20)14-6-9(17)13-7-10(18)15-21/h8,21H,2-7H2,1H3,(H,13,17)(H,14,20)(H,15,18). The summed E-state index contributed by atoms with van der Waals surface area (Å²) in [5, 5.41) is 12.9. The van der Waals surface area contributed by atoms with E-state index < -0.39 is 17.9 Å². The van der Waals surface area contributed by atoms with Crippen LogP contribution in [-0.4, -0.2) is 59.4 Å². The number of rotatable bonds is 6. The van der Waals surface area contributed by atoms with Crippen LogP contribution in [0.1, 0.15) is 26.2 Å². The van der Waals surface area contributed by atoms with Gasteiger partial charge in [0.1, 0.15) is 6.04 Å². The Balaban J connectivity index is 2.37. The molecule has 1 aliphatic heterocycles. The van der Waals surface area contributed by atoms with Gasteiger partial charge in [-0.3, -0.25) is 24.4 Å². The smallest absolute Gasteiger partial charge is 0.262 e. The lowest BCUT2D eigenvalue weighted by atomic mass is 10.2. The van der Waals surface area contributed by atoms with Crippen molar-refractivity contribution in [2.45, 2.75) is 32.2 Å². The van der Waals surface area contributed by atoms with Crippen LogP contribution in [-0.2, 0) is 19.2 Å². The molecular weight excluding hydrogens is 280 g/mol. The van der Waals surface area contributed by atoms with Gasteiger partial charge in [0.2, 0.25) is 17.7 Å². The quantitative estimate of drug-likeness (QED) is 0.337. The van der Waals surface area contributed by atoms with Crippen molar-refractivity contribution in [3.05, 3.63) is 0 Å². The predicted molar refractivity (Wildman–Crippen MR) is 71.0 cm³/mol. The van der Waals surface area contributed by atoms with Crippen molar-refractivity contribution in [1.29, 1.82) is 0 Å². The van der Waals surface area contributed by atoms with E-state index in [0.29, 0.717) is 19.4 Å². The van der Waals surface area contributed by atoms with E-state index in [0.717, 1.165) is 6.42 Å². The average molecular weight is 300 g/mol. The largest absolute Gasteiger partial charge is 0.345 e. The molecule has 21 heavy (non-hydrogen) atoms. The fourth-order valence-electron chi connectivity index (χ4n) is 2.11. The second kappa shape index (κ2) is 8.20. The molecule has 9 nitrogen and oxygen atoms in total. The Hall–Kier alpha value is -2.16. The molecule has 0 saturated carbocycles. The van der Waals surface area contributed by atoms with Crippen LogP contribution < -0.4 is 16.1 Å². The maximum absolute atomic E-state index is 12.0. The van der Waals surface area contributed by atoms with Gasteiger partial charge in [-0.25, -0.2) is 5.48 Å². The van der Waals surface area contributed by atoms with Crippen LogP contribution in [0.3, 0.4) is 0 Å². The molecule has 4 N–H and O–H groups in total. The van der Waals surface area contributed by atoms with Crippen molar-refractivity contribution < 1.29 is 24.4 Å². The summed E-state index contributed by atoms with van der Waals surface area (Å²) in [5.41, 5.74) is 1.37. The first-order chi connectivity index (χ1) is 9.99. The van der Waals surface area contributed by atoms with Crippen LogP contribution in [0, 0.1) is 0 Å². The lowest BCUT2D eigenvalue weighted by molar-refractivity contribution is -0.138. The summed E-state index contributed by atoms with van der Waals surface area (Å²) in [4.78, 5) is 47.3. The molecule has 0 aromatic heterocycles. The lowest BCUT2D eigenvalue weighted by Gasteiger charge is -2.23. The van der Waals surface area contributed by atoms with Gasteiger partial charge in [0, 0.05) is 13.0 Å². The maximum atomic E-state index is 12.0. The van der Waals surface area contributed by atoms with Crippen molar-refractivity contribution in [2.24, 2.45) is 0 Å². The van der Waals surface area contributed by atoms with Gasteiger partial charge >= 0.3 is 0 Å². The Morgan fingerprint density at radius 3 is 2.43 bits per heavy atom. The lowest BCUT2D eigenvalue weighted by Crippen LogP contribution is -2.48. The van der Waals surface area contributed by atoms with E-state index in [4.69, 9.17) is 5.21 Å². The van der Waals surface area contributed by atoms with Crippen LogP contribution in [0.5, 0.6) is 0 Å². The molecule has 1 aliphatic rings. The summed E-state index contributed by atoms with van der Waals surface area (Å²) in [5.74, 6) is -1.78. The van der Waals surface area contributed by atoms with Gasteiger partial charge in [-0.2, -0.15) is 0 Å². The second-order valence-electron chi connectivity index (χ2n) is 4.63. The Morgan fingerprint density at radius 2 is 1.81 bits per heavy atom. The van der Waals surface area contributed by atoms with E-state index in [1.807, 2.05) is 0 Å². The predicted octanol–water partition coefficient (Wildman–Crippen LogP) is -1.87. The first-order valence-corrected chi connectivity index (χ1v) is 6.76. The maximum Gasteiger partial charge on any atom is 0.262 e. The molecular formula is C12H20N4O5. The number of likely N-dealkylation sites (tertiary alicyclic amines) is 1. The number of carbonyl (C=O) groups excluding carboxylic acids is 4. The van der Waals surface area contributed by atoms with E-state index in [1.54, 1.807) is 6.92 Å². The van der Waals surface area contributed by atoms with Gasteiger partial charge in [-0.15, -0.1) is 0 Å². The molecule has 0 spiro atoms. The van der Waals surface area contributed by atoms with E-state index in [2.05, 4.69) is 10.6 Å². The number of hydroxylamine groups is 1. The first-order valence-electron chi connectivity index (χ1n) is 6.76. The summed E-state index contributed by atoms with van der Waals surface area (Å²) in [6.07, 6.45) is 1.67. The van der Waals surface area contributed by atoms with Crippen molar-refractivity contribution in [1.82, 2.24) is 21.0 Å². The normalized spacial score (nSPS) is 17.2. The molecule has 9 heteroatoms. The third-order valence-corrected chi connectivity index (χ3v) is 3.17. The van der Waals surface area contributed by atoms with E-state index in [9.17, 15) is 19.2 Å². The molecule has 4 amide bonds. The Labute approximate surface area is 122 Å². The van der Waals surface area contributed by atoms with Crippen LogP contribution in [0.2, 0.25) is 0 Å². The summed E-state index contributed by atoms with van der Waals surface area (Å²) in [6, 6.07) is -0.536. The highest BCUT2D eigenvalue weighted by atomic mass is 16.5. The fourth-order valence-corrected chi connectivity index (χ4v) is 2.11. The molecule has 1 unspecified atom stereocenters. The third kappa shape index (κ3) is 5.03. The van der Waals surface area contributed by atoms with Gasteiger partial charge in [-0.05, 0) is 12.8 Å². The Kier molecular flexibility index (Phi) is 6.60. The number of nitrogens with zero attached hydrogens (tertiary/aromatic N) is 1. The summed E-state index contributed by atoms with van der Waals surface area (Å²) in [7, 11) is 0. The minimum absolute atomic E-state index is 0.0864. The van der Waals surface area contributed by atoms with Crippen molar-refractivity contribution in [3.8, 4) is 0 Å². The minimum Gasteiger partial charge on any atom is -0.345 e.